The summed E-state index contributed by atoms with van der Waals surface area (Å²) in [4.78, 5) is 12.3. The highest BCUT2D eigenvalue weighted by Crippen LogP contribution is 2.21. The second-order valence-corrected chi connectivity index (χ2v) is 7.86. The van der Waals surface area contributed by atoms with Gasteiger partial charge in [-0.15, -0.1) is 0 Å². The lowest BCUT2D eigenvalue weighted by Gasteiger charge is -2.11. The second kappa shape index (κ2) is 7.24. The number of rotatable bonds is 5. The van der Waals surface area contributed by atoms with E-state index in [9.17, 15) is 13.2 Å². The molecule has 1 heterocycles. The Kier molecular flexibility index (Phi) is 5.00. The molecule has 1 aromatic heterocycles. The van der Waals surface area contributed by atoms with Gasteiger partial charge >= 0.3 is 0 Å². The van der Waals surface area contributed by atoms with Crippen LogP contribution in [-0.2, 0) is 10.0 Å². The van der Waals surface area contributed by atoms with Crippen LogP contribution in [0.2, 0.25) is 0 Å². The Bertz CT molecular complexity index is 1090. The molecule has 0 aliphatic carbocycles. The molecule has 3 rings (SSSR count). The molecule has 0 unspecified atom stereocenters. The molecule has 0 radical (unpaired) electrons. The zero-order valence-corrected chi connectivity index (χ0v) is 15.9. The molecular weight excluding hydrogens is 366 g/mol. The number of sulfonamides is 1. The van der Waals surface area contributed by atoms with Crippen LogP contribution in [0.1, 0.15) is 27.2 Å². The first kappa shape index (κ1) is 18.7. The number of aryl methyl sites for hydroxylation is 3. The van der Waals surface area contributed by atoms with Gasteiger partial charge in [-0.3, -0.25) is 9.52 Å². The summed E-state index contributed by atoms with van der Waals surface area (Å²) in [5.74, 6) is 0.0717. The molecule has 8 heteroatoms. The molecule has 0 atom stereocenters. The molecule has 0 saturated heterocycles. The number of amides is 1. The molecule has 0 spiro atoms. The number of hydrogen-bond acceptors (Lipinski definition) is 5. The Balaban J connectivity index is 1.72. The molecule has 0 aliphatic heterocycles. The average Bonchev–Trinajstić information content (AvgIpc) is 3.05. The van der Waals surface area contributed by atoms with Crippen LogP contribution < -0.4 is 10.0 Å². The number of aromatic nitrogens is 1. The number of carbonyl (C=O) groups excluding carboxylic acids is 1. The minimum Gasteiger partial charge on any atom is -0.361 e. The summed E-state index contributed by atoms with van der Waals surface area (Å²) >= 11 is 0. The van der Waals surface area contributed by atoms with Crippen molar-refractivity contribution in [2.45, 2.75) is 25.7 Å². The molecule has 3 aromatic rings. The third kappa shape index (κ3) is 4.17. The summed E-state index contributed by atoms with van der Waals surface area (Å²) in [6, 6.07) is 11.4. The third-order valence-corrected chi connectivity index (χ3v) is 5.56. The van der Waals surface area contributed by atoms with Crippen molar-refractivity contribution in [1.82, 2.24) is 5.16 Å². The second-order valence-electron chi connectivity index (χ2n) is 6.18. The SMILES string of the molecule is Cc1ccc(S(=O)(=O)Nc2ccc(NC(=O)c3cnoc3C)cc2)cc1C. The van der Waals surface area contributed by atoms with E-state index < -0.39 is 10.0 Å². The van der Waals surface area contributed by atoms with Crippen LogP contribution in [0, 0.1) is 20.8 Å². The fraction of sp³-hybridized carbons (Fsp3) is 0.158. The van der Waals surface area contributed by atoms with E-state index in [1.54, 1.807) is 49.4 Å². The van der Waals surface area contributed by atoms with E-state index in [4.69, 9.17) is 4.52 Å². The van der Waals surface area contributed by atoms with Gasteiger partial charge in [0.2, 0.25) is 0 Å². The molecule has 0 aliphatic rings. The molecule has 2 N–H and O–H groups in total. The molecule has 7 nitrogen and oxygen atoms in total. The first-order valence-corrected chi connectivity index (χ1v) is 9.67. The number of anilines is 2. The molecular formula is C19H19N3O4S. The van der Waals surface area contributed by atoms with Crippen molar-refractivity contribution in [3.8, 4) is 0 Å². The van der Waals surface area contributed by atoms with Crippen molar-refractivity contribution in [3.05, 3.63) is 71.1 Å². The van der Waals surface area contributed by atoms with Crippen LogP contribution >= 0.6 is 0 Å². The average molecular weight is 385 g/mol. The minimum atomic E-state index is -3.69. The maximum Gasteiger partial charge on any atom is 0.261 e. The van der Waals surface area contributed by atoms with Crippen molar-refractivity contribution < 1.29 is 17.7 Å². The Morgan fingerprint density at radius 1 is 0.963 bits per heavy atom. The van der Waals surface area contributed by atoms with Crippen LogP contribution in [0.3, 0.4) is 0 Å². The van der Waals surface area contributed by atoms with Crippen LogP contribution in [0.5, 0.6) is 0 Å². The van der Waals surface area contributed by atoms with Crippen molar-refractivity contribution >= 4 is 27.3 Å². The van der Waals surface area contributed by atoms with E-state index in [2.05, 4.69) is 15.2 Å². The van der Waals surface area contributed by atoms with Gasteiger partial charge in [0.1, 0.15) is 11.3 Å². The summed E-state index contributed by atoms with van der Waals surface area (Å²) in [7, 11) is -3.69. The standard InChI is InChI=1S/C19H19N3O4S/c1-12-4-9-17(10-13(12)2)27(24,25)22-16-7-5-15(6-8-16)21-19(23)18-11-20-26-14(18)3/h4-11,22H,1-3H3,(H,21,23). The lowest BCUT2D eigenvalue weighted by atomic mass is 10.1. The van der Waals surface area contributed by atoms with Crippen molar-refractivity contribution in [3.63, 3.8) is 0 Å². The van der Waals surface area contributed by atoms with Gasteiger partial charge in [-0.2, -0.15) is 0 Å². The molecule has 27 heavy (non-hydrogen) atoms. The van der Waals surface area contributed by atoms with Crippen molar-refractivity contribution in [2.24, 2.45) is 0 Å². The van der Waals surface area contributed by atoms with Gasteiger partial charge in [0.25, 0.3) is 15.9 Å². The molecule has 1 amide bonds. The number of nitrogens with zero attached hydrogens (tertiary/aromatic N) is 1. The fourth-order valence-corrected chi connectivity index (χ4v) is 3.58. The predicted molar refractivity (Wildman–Crippen MR) is 102 cm³/mol. The Morgan fingerprint density at radius 3 is 2.22 bits per heavy atom. The Labute approximate surface area is 157 Å². The molecule has 2 aromatic carbocycles. The van der Waals surface area contributed by atoms with Crippen LogP contribution in [-0.4, -0.2) is 19.5 Å². The first-order valence-electron chi connectivity index (χ1n) is 8.19. The zero-order chi connectivity index (χ0) is 19.6. The van der Waals surface area contributed by atoms with E-state index in [1.165, 1.54) is 6.20 Å². The van der Waals surface area contributed by atoms with Gasteiger partial charge in [-0.25, -0.2) is 8.42 Å². The zero-order valence-electron chi connectivity index (χ0n) is 15.1. The quantitative estimate of drug-likeness (QED) is 0.698. The van der Waals surface area contributed by atoms with Gasteiger partial charge < -0.3 is 9.84 Å². The van der Waals surface area contributed by atoms with Gasteiger partial charge in [-0.1, -0.05) is 11.2 Å². The highest BCUT2D eigenvalue weighted by Gasteiger charge is 2.16. The maximum absolute atomic E-state index is 12.5. The smallest absolute Gasteiger partial charge is 0.261 e. The van der Waals surface area contributed by atoms with Gasteiger partial charge in [0.15, 0.2) is 0 Å². The Hall–Kier alpha value is -3.13. The number of carbonyl (C=O) groups is 1. The summed E-state index contributed by atoms with van der Waals surface area (Å²) in [5, 5.41) is 6.27. The topological polar surface area (TPSA) is 101 Å². The van der Waals surface area contributed by atoms with Crippen molar-refractivity contribution in [1.29, 1.82) is 0 Å². The van der Waals surface area contributed by atoms with E-state index in [-0.39, 0.29) is 10.8 Å². The summed E-state index contributed by atoms with van der Waals surface area (Å²) in [5.41, 5.74) is 3.19. The molecule has 0 fully saturated rings. The van der Waals surface area contributed by atoms with Gasteiger partial charge in [-0.05, 0) is 68.3 Å². The lowest BCUT2D eigenvalue weighted by molar-refractivity contribution is 0.102. The van der Waals surface area contributed by atoms with Crippen molar-refractivity contribution in [2.75, 3.05) is 10.0 Å². The largest absolute Gasteiger partial charge is 0.361 e. The van der Waals surface area contributed by atoms with E-state index in [1.807, 2.05) is 13.8 Å². The van der Waals surface area contributed by atoms with Crippen LogP contribution in [0.25, 0.3) is 0 Å². The third-order valence-electron chi connectivity index (χ3n) is 4.18. The van der Waals surface area contributed by atoms with E-state index in [0.717, 1.165) is 11.1 Å². The lowest BCUT2D eigenvalue weighted by Crippen LogP contribution is -2.14. The number of hydrogen-bond donors (Lipinski definition) is 2. The van der Waals surface area contributed by atoms with Crippen LogP contribution in [0.15, 0.2) is 58.1 Å². The van der Waals surface area contributed by atoms with E-state index >= 15 is 0 Å². The molecule has 140 valence electrons. The van der Waals surface area contributed by atoms with Gasteiger partial charge in [0, 0.05) is 11.4 Å². The maximum atomic E-state index is 12.5. The number of benzene rings is 2. The first-order chi connectivity index (χ1) is 12.8. The number of nitrogens with one attached hydrogen (secondary N) is 2. The predicted octanol–water partition coefficient (Wildman–Crippen LogP) is 3.65. The monoisotopic (exact) mass is 385 g/mol. The summed E-state index contributed by atoms with van der Waals surface area (Å²) < 4.78 is 32.4. The highest BCUT2D eigenvalue weighted by molar-refractivity contribution is 7.92. The van der Waals surface area contributed by atoms with Crippen LogP contribution in [0.4, 0.5) is 11.4 Å². The fourth-order valence-electron chi connectivity index (χ4n) is 2.43. The highest BCUT2D eigenvalue weighted by atomic mass is 32.2. The minimum absolute atomic E-state index is 0.200. The Morgan fingerprint density at radius 2 is 1.63 bits per heavy atom. The normalized spacial score (nSPS) is 11.2. The molecule has 0 bridgehead atoms. The summed E-state index contributed by atoms with van der Waals surface area (Å²) in [6.45, 7) is 5.43. The summed E-state index contributed by atoms with van der Waals surface area (Å²) in [6.07, 6.45) is 1.34. The molecule has 0 saturated carbocycles. The van der Waals surface area contributed by atoms with E-state index in [0.29, 0.717) is 22.7 Å². The van der Waals surface area contributed by atoms with Gasteiger partial charge in [0.05, 0.1) is 11.1 Å².